The molecule has 0 aromatic rings. The Morgan fingerprint density at radius 1 is 1.44 bits per heavy atom. The molecule has 0 aromatic heterocycles. The Balaban J connectivity index is 1.84. The second-order valence-corrected chi connectivity index (χ2v) is 7.28. The van der Waals surface area contributed by atoms with E-state index in [1.807, 2.05) is 6.92 Å². The smallest absolute Gasteiger partial charge is 0.214 e. The molecule has 92 valence electrons. The van der Waals surface area contributed by atoms with E-state index < -0.39 is 10.0 Å². The second-order valence-electron chi connectivity index (χ2n) is 5.31. The lowest BCUT2D eigenvalue weighted by Crippen LogP contribution is -2.69. The molecule has 5 unspecified atom stereocenters. The standard InChI is InChI=1S/C10H18N2O3S/c1-6-4-12(16(13,14)5-6)9-8(11)7-2-3-15-10(7)9/h6-10H,2-5,11H2,1H3. The van der Waals surface area contributed by atoms with Crippen molar-refractivity contribution in [3.63, 3.8) is 0 Å². The fourth-order valence-corrected chi connectivity index (χ4v) is 5.44. The van der Waals surface area contributed by atoms with Crippen molar-refractivity contribution >= 4 is 10.0 Å². The highest BCUT2D eigenvalue weighted by Gasteiger charge is 2.58. The van der Waals surface area contributed by atoms with E-state index >= 15 is 0 Å². The number of fused-ring (bicyclic) bond motifs is 1. The summed E-state index contributed by atoms with van der Waals surface area (Å²) in [6.07, 6.45) is 1.03. The molecule has 16 heavy (non-hydrogen) atoms. The maximum Gasteiger partial charge on any atom is 0.214 e. The molecule has 1 saturated carbocycles. The topological polar surface area (TPSA) is 72.6 Å². The Morgan fingerprint density at radius 2 is 2.19 bits per heavy atom. The van der Waals surface area contributed by atoms with E-state index in [2.05, 4.69) is 0 Å². The number of nitrogens with zero attached hydrogens (tertiary/aromatic N) is 1. The van der Waals surface area contributed by atoms with Crippen LogP contribution < -0.4 is 5.73 Å². The molecule has 0 aromatic carbocycles. The van der Waals surface area contributed by atoms with Gasteiger partial charge in [0.2, 0.25) is 10.0 Å². The van der Waals surface area contributed by atoms with Crippen molar-refractivity contribution in [3.05, 3.63) is 0 Å². The first-order valence-electron chi connectivity index (χ1n) is 5.87. The summed E-state index contributed by atoms with van der Waals surface area (Å²) < 4.78 is 31.1. The Kier molecular flexibility index (Phi) is 2.34. The highest BCUT2D eigenvalue weighted by Crippen LogP contribution is 2.43. The van der Waals surface area contributed by atoms with Crippen molar-refractivity contribution in [3.8, 4) is 0 Å². The SMILES string of the molecule is CC1CN(C2C(N)C3CCOC32)S(=O)(=O)C1. The summed E-state index contributed by atoms with van der Waals surface area (Å²) in [6.45, 7) is 3.30. The Labute approximate surface area is 96.0 Å². The van der Waals surface area contributed by atoms with Gasteiger partial charge >= 0.3 is 0 Å². The molecule has 5 atom stereocenters. The van der Waals surface area contributed by atoms with Gasteiger partial charge in [-0.05, 0) is 12.3 Å². The van der Waals surface area contributed by atoms with Gasteiger partial charge in [-0.25, -0.2) is 8.42 Å². The molecule has 0 radical (unpaired) electrons. The molecule has 0 amide bonds. The maximum absolute atomic E-state index is 12.0. The minimum Gasteiger partial charge on any atom is -0.376 e. The van der Waals surface area contributed by atoms with Crippen molar-refractivity contribution < 1.29 is 13.2 Å². The molecule has 0 bridgehead atoms. The number of nitrogens with two attached hydrogens (primary N) is 1. The fraction of sp³-hybridized carbons (Fsp3) is 1.00. The van der Waals surface area contributed by atoms with Crippen LogP contribution in [-0.2, 0) is 14.8 Å². The van der Waals surface area contributed by atoms with Gasteiger partial charge in [-0.1, -0.05) is 6.92 Å². The van der Waals surface area contributed by atoms with Crippen molar-refractivity contribution in [1.82, 2.24) is 4.31 Å². The summed E-state index contributed by atoms with van der Waals surface area (Å²) >= 11 is 0. The number of hydrogen-bond donors (Lipinski definition) is 1. The van der Waals surface area contributed by atoms with Crippen molar-refractivity contribution in [2.45, 2.75) is 31.5 Å². The van der Waals surface area contributed by atoms with E-state index in [1.54, 1.807) is 4.31 Å². The fourth-order valence-electron chi connectivity index (χ4n) is 3.31. The van der Waals surface area contributed by atoms with Crippen molar-refractivity contribution in [2.75, 3.05) is 18.9 Å². The van der Waals surface area contributed by atoms with Crippen LogP contribution in [0.1, 0.15) is 13.3 Å². The van der Waals surface area contributed by atoms with Gasteiger partial charge in [-0.15, -0.1) is 0 Å². The van der Waals surface area contributed by atoms with E-state index in [0.717, 1.165) is 13.0 Å². The van der Waals surface area contributed by atoms with Gasteiger partial charge in [-0.3, -0.25) is 0 Å². The van der Waals surface area contributed by atoms with Gasteiger partial charge in [0.05, 0.1) is 17.9 Å². The zero-order valence-electron chi connectivity index (χ0n) is 9.37. The van der Waals surface area contributed by atoms with E-state index in [9.17, 15) is 8.42 Å². The summed E-state index contributed by atoms with van der Waals surface area (Å²) in [6, 6.07) is -0.143. The van der Waals surface area contributed by atoms with Gasteiger partial charge in [0.25, 0.3) is 0 Å². The molecular weight excluding hydrogens is 228 g/mol. The molecule has 5 nitrogen and oxygen atoms in total. The van der Waals surface area contributed by atoms with Crippen LogP contribution in [0.4, 0.5) is 0 Å². The van der Waals surface area contributed by atoms with Crippen LogP contribution in [0.2, 0.25) is 0 Å². The van der Waals surface area contributed by atoms with Crippen LogP contribution in [-0.4, -0.2) is 49.8 Å². The zero-order chi connectivity index (χ0) is 11.5. The molecule has 3 fully saturated rings. The first-order chi connectivity index (χ1) is 7.50. The maximum atomic E-state index is 12.0. The lowest BCUT2D eigenvalue weighted by atomic mass is 9.72. The minimum atomic E-state index is -3.09. The van der Waals surface area contributed by atoms with Gasteiger partial charge in [-0.2, -0.15) is 4.31 Å². The van der Waals surface area contributed by atoms with Gasteiger partial charge in [0.1, 0.15) is 0 Å². The Morgan fingerprint density at radius 3 is 2.81 bits per heavy atom. The van der Waals surface area contributed by atoms with Gasteiger partial charge in [0.15, 0.2) is 0 Å². The highest BCUT2D eigenvalue weighted by atomic mass is 32.2. The third-order valence-electron chi connectivity index (χ3n) is 4.09. The lowest BCUT2D eigenvalue weighted by Gasteiger charge is -2.48. The van der Waals surface area contributed by atoms with Crippen LogP contribution >= 0.6 is 0 Å². The Bertz CT molecular complexity index is 397. The van der Waals surface area contributed by atoms with E-state index in [1.165, 1.54) is 0 Å². The first kappa shape index (κ1) is 11.0. The molecule has 2 N–H and O–H groups in total. The van der Waals surface area contributed by atoms with Gasteiger partial charge in [0, 0.05) is 25.1 Å². The average molecular weight is 246 g/mol. The molecule has 2 aliphatic heterocycles. The highest BCUT2D eigenvalue weighted by molar-refractivity contribution is 7.89. The summed E-state index contributed by atoms with van der Waals surface area (Å²) in [4.78, 5) is 0. The minimum absolute atomic E-state index is 0.0347. The van der Waals surface area contributed by atoms with E-state index in [0.29, 0.717) is 12.5 Å². The largest absolute Gasteiger partial charge is 0.376 e. The average Bonchev–Trinajstić information content (AvgIpc) is 2.69. The molecule has 3 aliphatic rings. The summed E-state index contributed by atoms with van der Waals surface area (Å²) in [5.74, 6) is 0.835. The molecule has 3 rings (SSSR count). The predicted molar refractivity (Wildman–Crippen MR) is 59.3 cm³/mol. The van der Waals surface area contributed by atoms with Crippen LogP contribution in [0.15, 0.2) is 0 Å². The van der Waals surface area contributed by atoms with Gasteiger partial charge < -0.3 is 10.5 Å². The lowest BCUT2D eigenvalue weighted by molar-refractivity contribution is -0.0465. The second kappa shape index (κ2) is 3.41. The molecule has 1 aliphatic carbocycles. The van der Waals surface area contributed by atoms with Crippen molar-refractivity contribution in [2.24, 2.45) is 17.6 Å². The zero-order valence-corrected chi connectivity index (χ0v) is 10.2. The van der Waals surface area contributed by atoms with Crippen LogP contribution in [0, 0.1) is 11.8 Å². The molecule has 2 heterocycles. The quantitative estimate of drug-likeness (QED) is 0.669. The van der Waals surface area contributed by atoms with Crippen LogP contribution in [0.5, 0.6) is 0 Å². The molecule has 0 spiro atoms. The summed E-state index contributed by atoms with van der Waals surface area (Å²) in [7, 11) is -3.09. The van der Waals surface area contributed by atoms with Crippen LogP contribution in [0.25, 0.3) is 0 Å². The predicted octanol–water partition coefficient (Wildman–Crippen LogP) is -0.617. The number of rotatable bonds is 1. The van der Waals surface area contributed by atoms with Crippen molar-refractivity contribution in [1.29, 1.82) is 0 Å². The summed E-state index contributed by atoms with van der Waals surface area (Å²) in [5.41, 5.74) is 6.07. The normalized spacial score (nSPS) is 51.2. The first-order valence-corrected chi connectivity index (χ1v) is 7.48. The summed E-state index contributed by atoms with van der Waals surface area (Å²) in [5, 5.41) is 0. The third-order valence-corrected chi connectivity index (χ3v) is 6.18. The third kappa shape index (κ3) is 1.37. The number of sulfonamides is 1. The molecular formula is C10H18N2O3S. The number of ether oxygens (including phenoxy) is 1. The molecule has 6 heteroatoms. The molecule has 2 saturated heterocycles. The number of hydrogen-bond acceptors (Lipinski definition) is 4. The van der Waals surface area contributed by atoms with Crippen LogP contribution in [0.3, 0.4) is 0 Å². The van der Waals surface area contributed by atoms with E-state index in [4.69, 9.17) is 10.5 Å². The van der Waals surface area contributed by atoms with E-state index in [-0.39, 0.29) is 29.9 Å². The Hall–Kier alpha value is -0.170. The monoisotopic (exact) mass is 246 g/mol.